The Balaban J connectivity index is 0.000000269. The monoisotopic (exact) mass is 447 g/mol. The molecule has 0 fully saturated rings. The van der Waals surface area contributed by atoms with Gasteiger partial charge in [-0.25, -0.2) is 13.4 Å². The number of thiophene rings is 1. The molecule has 3 aromatic rings. The van der Waals surface area contributed by atoms with E-state index in [-0.39, 0.29) is 38.5 Å². The number of likely N-dealkylation sites (N-methyl/N-ethyl adjacent to an activating group) is 1. The molecule has 1 amide bonds. The molecule has 4 N–H and O–H groups in total. The van der Waals surface area contributed by atoms with Crippen molar-refractivity contribution in [2.45, 2.75) is 4.90 Å². The van der Waals surface area contributed by atoms with Gasteiger partial charge in [-0.1, -0.05) is 12.1 Å². The van der Waals surface area contributed by atoms with Gasteiger partial charge in [0.15, 0.2) is 11.5 Å². The lowest BCUT2D eigenvalue weighted by atomic mass is 10.3. The summed E-state index contributed by atoms with van der Waals surface area (Å²) in [5.74, 6) is -0.678. The topological polar surface area (TPSA) is 140 Å². The van der Waals surface area contributed by atoms with Gasteiger partial charge in [0.25, 0.3) is 15.9 Å². The van der Waals surface area contributed by atoms with Gasteiger partial charge in [-0.15, -0.1) is 11.3 Å². The quantitative estimate of drug-likeness (QED) is 0.473. The van der Waals surface area contributed by atoms with Crippen LogP contribution in [0.4, 0.5) is 5.82 Å². The van der Waals surface area contributed by atoms with Crippen LogP contribution in [-0.4, -0.2) is 46.0 Å². The number of aromatic nitrogens is 1. The Morgan fingerprint density at radius 2 is 1.77 bits per heavy atom. The highest BCUT2D eigenvalue weighted by molar-refractivity contribution is 7.89. The minimum Gasteiger partial charge on any atom is -0.508 e. The first-order chi connectivity index (χ1) is 14.2. The number of benzene rings is 1. The third-order valence-corrected chi connectivity index (χ3v) is 6.82. The number of rotatable bonds is 2. The summed E-state index contributed by atoms with van der Waals surface area (Å²) in [5.41, 5.74) is -0.333. The number of aliphatic hydroxyl groups excluding tert-OH is 1. The minimum atomic E-state index is -3.85. The van der Waals surface area contributed by atoms with Crippen molar-refractivity contribution in [2.24, 2.45) is 0 Å². The number of aliphatic hydroxyl groups is 1. The minimum absolute atomic E-state index is 0.00751. The smallest absolute Gasteiger partial charge is 0.278 e. The van der Waals surface area contributed by atoms with E-state index in [2.05, 4.69) is 10.3 Å². The van der Waals surface area contributed by atoms with E-state index in [0.717, 1.165) is 15.6 Å². The molecule has 1 aromatic carbocycles. The molecule has 3 heterocycles. The second kappa shape index (κ2) is 8.43. The molecule has 0 spiro atoms. The second-order valence-corrected chi connectivity index (χ2v) is 8.83. The van der Waals surface area contributed by atoms with Crippen molar-refractivity contribution >= 4 is 38.8 Å². The maximum Gasteiger partial charge on any atom is 0.278 e. The molecule has 1 aliphatic rings. The third-order valence-electron chi connectivity index (χ3n) is 3.97. The van der Waals surface area contributed by atoms with E-state index in [9.17, 15) is 18.3 Å². The lowest BCUT2D eigenvalue weighted by Gasteiger charge is -2.26. The molecule has 2 aromatic heterocycles. The van der Waals surface area contributed by atoms with Crippen molar-refractivity contribution in [3.8, 4) is 11.5 Å². The van der Waals surface area contributed by atoms with Crippen molar-refractivity contribution in [1.82, 2.24) is 9.29 Å². The number of pyridine rings is 1. The molecule has 4 rings (SSSR count). The van der Waals surface area contributed by atoms with E-state index in [1.165, 1.54) is 37.5 Å². The average Bonchev–Trinajstić information content (AvgIpc) is 3.19. The molecule has 0 saturated carbocycles. The highest BCUT2D eigenvalue weighted by Gasteiger charge is 2.38. The van der Waals surface area contributed by atoms with Crippen LogP contribution in [0.5, 0.6) is 11.5 Å². The summed E-state index contributed by atoms with van der Waals surface area (Å²) in [5, 5.41) is 31.6. The van der Waals surface area contributed by atoms with Crippen LogP contribution in [0.2, 0.25) is 0 Å². The van der Waals surface area contributed by atoms with Gasteiger partial charge in [0.05, 0.1) is 4.88 Å². The van der Waals surface area contributed by atoms with Crippen LogP contribution < -0.4 is 5.32 Å². The van der Waals surface area contributed by atoms with Crippen LogP contribution in [0.1, 0.15) is 4.88 Å². The van der Waals surface area contributed by atoms with Gasteiger partial charge >= 0.3 is 0 Å². The van der Waals surface area contributed by atoms with Crippen molar-refractivity contribution < 1.29 is 28.5 Å². The molecule has 30 heavy (non-hydrogen) atoms. The van der Waals surface area contributed by atoms with Crippen LogP contribution in [0.3, 0.4) is 0 Å². The molecular formula is C19H17N3O6S2. The van der Waals surface area contributed by atoms with Crippen molar-refractivity contribution in [3.63, 3.8) is 0 Å². The van der Waals surface area contributed by atoms with Crippen molar-refractivity contribution in [1.29, 1.82) is 0 Å². The van der Waals surface area contributed by atoms with Gasteiger partial charge < -0.3 is 20.6 Å². The number of nitrogens with zero attached hydrogens (tertiary/aromatic N) is 2. The SMILES string of the molecule is CN1C(C(=O)Nc2ccccn2)=C(O)c2sccc2S1(=O)=O.Oc1cccc(O)c1. The lowest BCUT2D eigenvalue weighted by molar-refractivity contribution is -0.113. The number of phenolic OH excluding ortho intramolecular Hbond substituents is 2. The molecule has 11 heteroatoms. The normalized spacial score (nSPS) is 14.4. The Morgan fingerprint density at radius 1 is 1.07 bits per heavy atom. The summed E-state index contributed by atoms with van der Waals surface area (Å²) in [4.78, 5) is 16.4. The number of carbonyl (C=O) groups is 1. The Hall–Kier alpha value is -3.57. The maximum absolute atomic E-state index is 12.4. The number of carbonyl (C=O) groups excluding carboxylic acids is 1. The molecule has 156 valence electrons. The van der Waals surface area contributed by atoms with E-state index in [0.29, 0.717) is 0 Å². The standard InChI is InChI=1S/C13H11N3O4S2.C6H6O2/c1-16-10(13(18)15-9-4-2-3-6-14-9)11(17)12-8(5-7-21-12)22(16,19)20;7-5-2-1-3-6(8)4-5/h2-7,17H,1H3,(H,14,15,18);1-4,7-8H. The predicted octanol–water partition coefficient (Wildman–Crippen LogP) is 2.74. The number of phenols is 2. The number of amides is 1. The fourth-order valence-electron chi connectivity index (χ4n) is 2.55. The largest absolute Gasteiger partial charge is 0.508 e. The van der Waals surface area contributed by atoms with Gasteiger partial charge in [-0.3, -0.25) is 9.10 Å². The van der Waals surface area contributed by atoms with Gasteiger partial charge in [0.2, 0.25) is 0 Å². The summed E-state index contributed by atoms with van der Waals surface area (Å²) in [6, 6.07) is 12.2. The number of fused-ring (bicyclic) bond motifs is 1. The molecule has 0 atom stereocenters. The van der Waals surface area contributed by atoms with Crippen LogP contribution in [0, 0.1) is 0 Å². The van der Waals surface area contributed by atoms with Crippen LogP contribution in [0.15, 0.2) is 70.7 Å². The Morgan fingerprint density at radius 3 is 2.33 bits per heavy atom. The van der Waals surface area contributed by atoms with Crippen molar-refractivity contribution in [2.75, 3.05) is 12.4 Å². The Kier molecular flexibility index (Phi) is 5.94. The third kappa shape index (κ3) is 4.21. The number of sulfonamides is 1. The summed E-state index contributed by atoms with van der Waals surface area (Å²) >= 11 is 1.06. The molecule has 1 aliphatic heterocycles. The summed E-state index contributed by atoms with van der Waals surface area (Å²) < 4.78 is 25.5. The van der Waals surface area contributed by atoms with Gasteiger partial charge in [-0.05, 0) is 35.7 Å². The Labute approximate surface area is 176 Å². The van der Waals surface area contributed by atoms with Crippen LogP contribution in [0.25, 0.3) is 5.76 Å². The molecule has 0 radical (unpaired) electrons. The van der Waals surface area contributed by atoms with Crippen LogP contribution >= 0.6 is 11.3 Å². The number of hydrogen-bond acceptors (Lipinski definition) is 8. The van der Waals surface area contributed by atoms with Gasteiger partial charge in [-0.2, -0.15) is 0 Å². The lowest BCUT2D eigenvalue weighted by Crippen LogP contribution is -2.36. The van der Waals surface area contributed by atoms with E-state index in [1.54, 1.807) is 29.6 Å². The predicted molar refractivity (Wildman–Crippen MR) is 111 cm³/mol. The van der Waals surface area contributed by atoms with E-state index < -0.39 is 15.9 Å². The first-order valence-electron chi connectivity index (χ1n) is 8.42. The highest BCUT2D eigenvalue weighted by Crippen LogP contribution is 2.38. The first-order valence-corrected chi connectivity index (χ1v) is 10.7. The number of anilines is 1. The molecule has 0 bridgehead atoms. The molecule has 0 saturated heterocycles. The van der Waals surface area contributed by atoms with E-state index in [4.69, 9.17) is 10.2 Å². The fraction of sp³-hybridized carbons (Fsp3) is 0.0526. The number of hydrogen-bond donors (Lipinski definition) is 4. The summed E-state index contributed by atoms with van der Waals surface area (Å²) in [6.07, 6.45) is 1.49. The zero-order valence-corrected chi connectivity index (χ0v) is 17.2. The number of nitrogens with one attached hydrogen (secondary N) is 1. The van der Waals surface area contributed by atoms with Crippen molar-refractivity contribution in [3.05, 3.63) is 70.7 Å². The summed E-state index contributed by atoms with van der Waals surface area (Å²) in [7, 11) is -2.63. The first kappa shape index (κ1) is 21.1. The molecule has 0 unspecified atom stereocenters. The average molecular weight is 447 g/mol. The fourth-order valence-corrected chi connectivity index (χ4v) is 5.11. The molecular weight excluding hydrogens is 430 g/mol. The zero-order valence-electron chi connectivity index (χ0n) is 15.6. The molecule has 0 aliphatic carbocycles. The molecule has 9 nitrogen and oxygen atoms in total. The Bertz CT molecular complexity index is 1190. The highest BCUT2D eigenvalue weighted by atomic mass is 32.2. The maximum atomic E-state index is 12.4. The summed E-state index contributed by atoms with van der Waals surface area (Å²) in [6.45, 7) is 0. The van der Waals surface area contributed by atoms with Gasteiger partial charge in [0, 0.05) is 19.3 Å². The zero-order chi connectivity index (χ0) is 21.9. The van der Waals surface area contributed by atoms with Gasteiger partial charge in [0.1, 0.15) is 22.2 Å². The van der Waals surface area contributed by atoms with E-state index in [1.807, 2.05) is 0 Å². The van der Waals surface area contributed by atoms with Crippen LogP contribution in [-0.2, 0) is 14.8 Å². The second-order valence-electron chi connectivity index (χ2n) is 5.97. The number of aromatic hydroxyl groups is 2. The van der Waals surface area contributed by atoms with E-state index >= 15 is 0 Å².